The van der Waals surface area contributed by atoms with Crippen LogP contribution in [0, 0.1) is 15.9 Å². The highest BCUT2D eigenvalue weighted by molar-refractivity contribution is 6.31. The Kier molecular flexibility index (Phi) is 4.59. The number of methoxy groups -OCH3 is 1. The lowest BCUT2D eigenvalue weighted by Crippen LogP contribution is -2.03. The first-order valence-corrected chi connectivity index (χ1v) is 6.39. The Labute approximate surface area is 125 Å². The zero-order chi connectivity index (χ0) is 15.4. The molecule has 0 spiro atoms. The van der Waals surface area contributed by atoms with Gasteiger partial charge in [0.15, 0.2) is 0 Å². The number of ether oxygens (including phenoxy) is 1. The Morgan fingerprint density at radius 3 is 2.57 bits per heavy atom. The molecule has 2 rings (SSSR count). The smallest absolute Gasteiger partial charge is 0.295 e. The normalized spacial score (nSPS) is 10.2. The summed E-state index contributed by atoms with van der Waals surface area (Å²) in [5.41, 5.74) is 0.707. The number of rotatable bonds is 5. The molecular weight excluding hydrogens is 299 g/mol. The number of hydrogen-bond donors (Lipinski definition) is 1. The van der Waals surface area contributed by atoms with E-state index in [1.54, 1.807) is 19.2 Å². The van der Waals surface area contributed by atoms with E-state index in [1.165, 1.54) is 6.07 Å². The van der Waals surface area contributed by atoms with Gasteiger partial charge in [-0.15, -0.1) is 0 Å². The number of nitro benzene ring substituents is 1. The Morgan fingerprint density at radius 2 is 2.00 bits per heavy atom. The van der Waals surface area contributed by atoms with Gasteiger partial charge in [-0.25, -0.2) is 4.39 Å². The zero-order valence-corrected chi connectivity index (χ0v) is 11.9. The van der Waals surface area contributed by atoms with E-state index in [1.807, 2.05) is 12.1 Å². The van der Waals surface area contributed by atoms with Gasteiger partial charge < -0.3 is 10.1 Å². The minimum atomic E-state index is -0.821. The van der Waals surface area contributed by atoms with Crippen LogP contribution in [0.2, 0.25) is 5.02 Å². The molecule has 0 saturated carbocycles. The molecule has 0 aliphatic rings. The van der Waals surface area contributed by atoms with Gasteiger partial charge in [-0.3, -0.25) is 10.1 Å². The molecule has 21 heavy (non-hydrogen) atoms. The molecule has 0 aliphatic heterocycles. The second kappa shape index (κ2) is 6.41. The summed E-state index contributed by atoms with van der Waals surface area (Å²) in [6.45, 7) is 0.340. The fourth-order valence-electron chi connectivity index (χ4n) is 1.77. The summed E-state index contributed by atoms with van der Waals surface area (Å²) in [5.74, 6) is -0.104. The lowest BCUT2D eigenvalue weighted by molar-refractivity contribution is -0.384. The maximum atomic E-state index is 13.3. The van der Waals surface area contributed by atoms with E-state index in [-0.39, 0.29) is 16.4 Å². The van der Waals surface area contributed by atoms with E-state index in [0.29, 0.717) is 6.54 Å². The molecular formula is C14H12ClFN2O3. The Morgan fingerprint density at radius 1 is 1.33 bits per heavy atom. The summed E-state index contributed by atoms with van der Waals surface area (Å²) in [5, 5.41) is 13.6. The van der Waals surface area contributed by atoms with Gasteiger partial charge in [-0.2, -0.15) is 0 Å². The molecule has 0 fully saturated rings. The summed E-state index contributed by atoms with van der Waals surface area (Å²) in [6, 6.07) is 9.22. The van der Waals surface area contributed by atoms with Crippen LogP contribution in [0.5, 0.6) is 5.75 Å². The lowest BCUT2D eigenvalue weighted by Gasteiger charge is -2.09. The molecule has 1 N–H and O–H groups in total. The van der Waals surface area contributed by atoms with Crippen LogP contribution in [0.3, 0.4) is 0 Å². The van der Waals surface area contributed by atoms with Gasteiger partial charge in [0.25, 0.3) is 5.69 Å². The van der Waals surface area contributed by atoms with Crippen LogP contribution in [0.1, 0.15) is 5.56 Å². The molecule has 0 saturated heterocycles. The van der Waals surface area contributed by atoms with Crippen LogP contribution >= 0.6 is 11.6 Å². The van der Waals surface area contributed by atoms with Crippen molar-refractivity contribution < 1.29 is 14.1 Å². The van der Waals surface area contributed by atoms with Crippen LogP contribution < -0.4 is 10.1 Å². The third-order valence-corrected chi connectivity index (χ3v) is 3.17. The van der Waals surface area contributed by atoms with Gasteiger partial charge in [0.1, 0.15) is 17.3 Å². The maximum absolute atomic E-state index is 13.3. The first kappa shape index (κ1) is 15.1. The van der Waals surface area contributed by atoms with Crippen LogP contribution in [-0.2, 0) is 6.54 Å². The van der Waals surface area contributed by atoms with Crippen LogP contribution in [0.25, 0.3) is 0 Å². The Hall–Kier alpha value is -2.34. The number of hydrogen-bond acceptors (Lipinski definition) is 4. The van der Waals surface area contributed by atoms with Crippen molar-refractivity contribution in [3.05, 3.63) is 62.9 Å². The minimum Gasteiger partial charge on any atom is -0.497 e. The fourth-order valence-corrected chi connectivity index (χ4v) is 1.93. The molecule has 2 aromatic rings. The van der Waals surface area contributed by atoms with Gasteiger partial charge in [-0.05, 0) is 23.8 Å². The molecule has 0 atom stereocenters. The monoisotopic (exact) mass is 310 g/mol. The van der Waals surface area contributed by atoms with Gasteiger partial charge in [-0.1, -0.05) is 23.7 Å². The molecule has 0 aromatic heterocycles. The Balaban J connectivity index is 2.18. The van der Waals surface area contributed by atoms with Crippen molar-refractivity contribution in [2.75, 3.05) is 12.4 Å². The highest BCUT2D eigenvalue weighted by atomic mass is 35.5. The van der Waals surface area contributed by atoms with Crippen molar-refractivity contribution in [1.82, 2.24) is 0 Å². The van der Waals surface area contributed by atoms with E-state index in [2.05, 4.69) is 5.32 Å². The van der Waals surface area contributed by atoms with Crippen molar-refractivity contribution in [3.8, 4) is 5.75 Å². The largest absolute Gasteiger partial charge is 0.497 e. The molecule has 0 bridgehead atoms. The first-order valence-electron chi connectivity index (χ1n) is 6.01. The Bertz CT molecular complexity index is 662. The highest BCUT2D eigenvalue weighted by Crippen LogP contribution is 2.30. The fraction of sp³-hybridized carbons (Fsp3) is 0.143. The van der Waals surface area contributed by atoms with Gasteiger partial charge in [0, 0.05) is 6.54 Å². The third kappa shape index (κ3) is 3.61. The standard InChI is InChI=1S/C14H12ClFN2O3/c1-21-10-4-2-9(3-5-10)8-17-13-6-11(15)12(16)7-14(13)18(19)20/h2-7,17H,8H2,1H3. The molecule has 0 radical (unpaired) electrons. The number of nitro groups is 1. The van der Waals surface area contributed by atoms with Crippen LogP contribution in [0.4, 0.5) is 15.8 Å². The summed E-state index contributed by atoms with van der Waals surface area (Å²) in [7, 11) is 1.57. The summed E-state index contributed by atoms with van der Waals surface area (Å²) < 4.78 is 18.3. The maximum Gasteiger partial charge on any atom is 0.295 e. The average molecular weight is 311 g/mol. The van der Waals surface area contributed by atoms with Crippen molar-refractivity contribution in [3.63, 3.8) is 0 Å². The molecule has 7 heteroatoms. The predicted octanol–water partition coefficient (Wildman–Crippen LogP) is 4.01. The molecule has 110 valence electrons. The molecule has 0 aliphatic carbocycles. The molecule has 5 nitrogen and oxygen atoms in total. The number of benzene rings is 2. The first-order chi connectivity index (χ1) is 10.0. The minimum absolute atomic E-state index is 0.169. The van der Waals surface area contributed by atoms with E-state index in [9.17, 15) is 14.5 Å². The lowest BCUT2D eigenvalue weighted by atomic mass is 10.2. The van der Waals surface area contributed by atoms with Crippen molar-refractivity contribution >= 4 is 23.0 Å². The summed E-state index contributed by atoms with van der Waals surface area (Å²) >= 11 is 5.66. The predicted molar refractivity (Wildman–Crippen MR) is 78.4 cm³/mol. The molecule has 0 unspecified atom stereocenters. The van der Waals surface area contributed by atoms with E-state index in [0.717, 1.165) is 17.4 Å². The van der Waals surface area contributed by atoms with Gasteiger partial charge >= 0.3 is 0 Å². The number of anilines is 1. The van der Waals surface area contributed by atoms with E-state index < -0.39 is 10.7 Å². The number of halogens is 2. The topological polar surface area (TPSA) is 64.4 Å². The summed E-state index contributed by atoms with van der Waals surface area (Å²) in [4.78, 5) is 10.3. The van der Waals surface area contributed by atoms with Crippen molar-refractivity contribution in [2.24, 2.45) is 0 Å². The SMILES string of the molecule is COc1ccc(CNc2cc(Cl)c(F)cc2[N+](=O)[O-])cc1. The van der Waals surface area contributed by atoms with E-state index >= 15 is 0 Å². The highest BCUT2D eigenvalue weighted by Gasteiger charge is 2.17. The molecule has 0 heterocycles. The molecule has 0 amide bonds. The van der Waals surface area contributed by atoms with Gasteiger partial charge in [0.05, 0.1) is 23.1 Å². The van der Waals surface area contributed by atoms with Crippen molar-refractivity contribution in [2.45, 2.75) is 6.54 Å². The van der Waals surface area contributed by atoms with Crippen LogP contribution in [-0.4, -0.2) is 12.0 Å². The molecule has 2 aromatic carbocycles. The second-order valence-electron chi connectivity index (χ2n) is 4.24. The quantitative estimate of drug-likeness (QED) is 0.669. The number of nitrogens with zero attached hydrogens (tertiary/aromatic N) is 1. The van der Waals surface area contributed by atoms with Crippen molar-refractivity contribution in [1.29, 1.82) is 0 Å². The summed E-state index contributed by atoms with van der Waals surface area (Å²) in [6.07, 6.45) is 0. The van der Waals surface area contributed by atoms with E-state index in [4.69, 9.17) is 16.3 Å². The van der Waals surface area contributed by atoms with Gasteiger partial charge in [0.2, 0.25) is 0 Å². The van der Waals surface area contributed by atoms with Crippen LogP contribution in [0.15, 0.2) is 36.4 Å². The second-order valence-corrected chi connectivity index (χ2v) is 4.65. The number of nitrogens with one attached hydrogen (secondary N) is 1. The zero-order valence-electron chi connectivity index (χ0n) is 11.1. The third-order valence-electron chi connectivity index (χ3n) is 2.88. The average Bonchev–Trinajstić information content (AvgIpc) is 2.48.